The van der Waals surface area contributed by atoms with E-state index in [4.69, 9.17) is 0 Å². The number of rotatable bonds is 1. The largest absolute Gasteiger partial charge is 0.389 e. The second-order valence-corrected chi connectivity index (χ2v) is 4.78. The molecular formula is C13H18O2. The number of carbonyl (C=O) groups is 1. The number of allylic oxidation sites excluding steroid dienone is 2. The minimum absolute atomic E-state index is 0.167. The van der Waals surface area contributed by atoms with E-state index in [0.29, 0.717) is 6.42 Å². The van der Waals surface area contributed by atoms with Gasteiger partial charge in [0.25, 0.3) is 0 Å². The summed E-state index contributed by atoms with van der Waals surface area (Å²) in [6.07, 6.45) is 3.30. The number of aliphatic hydroxyl groups is 1. The highest BCUT2D eigenvalue weighted by molar-refractivity contribution is 5.93. The first-order valence-electron chi connectivity index (χ1n) is 5.20. The molecule has 1 aliphatic carbocycles. The van der Waals surface area contributed by atoms with Gasteiger partial charge in [0.05, 0.1) is 6.10 Å². The quantitative estimate of drug-likeness (QED) is 0.669. The molecule has 0 aliphatic heterocycles. The van der Waals surface area contributed by atoms with E-state index in [1.54, 1.807) is 19.1 Å². The number of hydrogen-bond acceptors (Lipinski definition) is 2. The molecule has 1 rings (SSSR count). The van der Waals surface area contributed by atoms with Crippen molar-refractivity contribution in [3.63, 3.8) is 0 Å². The number of carbonyl (C=O) groups excluding carboxylic acids is 1. The van der Waals surface area contributed by atoms with Crippen LogP contribution in [0, 0.1) is 5.41 Å². The molecule has 0 aromatic heterocycles. The van der Waals surface area contributed by atoms with Crippen molar-refractivity contribution in [3.8, 4) is 0 Å². The van der Waals surface area contributed by atoms with E-state index in [0.717, 1.165) is 11.1 Å². The Bertz CT molecular complexity index is 364. The Morgan fingerprint density at radius 1 is 1.60 bits per heavy atom. The van der Waals surface area contributed by atoms with Gasteiger partial charge in [-0.05, 0) is 31.6 Å². The molecule has 0 heterocycles. The van der Waals surface area contributed by atoms with Gasteiger partial charge in [-0.2, -0.15) is 0 Å². The molecule has 0 amide bonds. The van der Waals surface area contributed by atoms with Crippen LogP contribution in [0.15, 0.2) is 29.0 Å². The highest BCUT2D eigenvalue weighted by atomic mass is 16.3. The first-order valence-corrected chi connectivity index (χ1v) is 5.20. The van der Waals surface area contributed by atoms with Crippen molar-refractivity contribution in [2.75, 3.05) is 0 Å². The van der Waals surface area contributed by atoms with E-state index in [1.807, 2.05) is 20.8 Å². The highest BCUT2D eigenvalue weighted by Gasteiger charge is 2.30. The third-order valence-corrected chi connectivity index (χ3v) is 2.53. The van der Waals surface area contributed by atoms with Gasteiger partial charge in [-0.15, -0.1) is 5.73 Å². The molecule has 1 N–H and O–H groups in total. The average Bonchev–Trinajstić information content (AvgIpc) is 1.98. The Morgan fingerprint density at radius 3 is 2.67 bits per heavy atom. The lowest BCUT2D eigenvalue weighted by Gasteiger charge is -2.29. The van der Waals surface area contributed by atoms with Crippen LogP contribution < -0.4 is 0 Å². The molecule has 0 saturated heterocycles. The monoisotopic (exact) mass is 206 g/mol. The van der Waals surface area contributed by atoms with E-state index in [-0.39, 0.29) is 11.2 Å². The van der Waals surface area contributed by atoms with Gasteiger partial charge in [-0.3, -0.25) is 4.79 Å². The average molecular weight is 206 g/mol. The fraction of sp³-hybridized carbons (Fsp3) is 0.538. The molecule has 0 aromatic carbocycles. The summed E-state index contributed by atoms with van der Waals surface area (Å²) in [6.45, 7) is 7.66. The van der Waals surface area contributed by atoms with Gasteiger partial charge in [-0.1, -0.05) is 13.8 Å². The van der Waals surface area contributed by atoms with Gasteiger partial charge in [0.15, 0.2) is 5.78 Å². The Morgan fingerprint density at radius 2 is 2.20 bits per heavy atom. The molecule has 1 aliphatic rings. The summed E-state index contributed by atoms with van der Waals surface area (Å²) in [5.41, 5.74) is 4.89. The van der Waals surface area contributed by atoms with Crippen molar-refractivity contribution in [2.45, 2.75) is 40.2 Å². The molecule has 0 aromatic rings. The molecule has 1 unspecified atom stereocenters. The summed E-state index contributed by atoms with van der Waals surface area (Å²) < 4.78 is 0. The molecule has 1 atom stereocenters. The lowest BCUT2D eigenvalue weighted by molar-refractivity contribution is -0.116. The number of ketones is 1. The van der Waals surface area contributed by atoms with Crippen molar-refractivity contribution in [1.29, 1.82) is 0 Å². The molecule has 2 heteroatoms. The standard InChI is InChI=1S/C13H18O2/c1-9-7-11(15)8-13(3,4)12(9)6-5-10(2)14/h5,7,10,14H,8H2,1-4H3. The summed E-state index contributed by atoms with van der Waals surface area (Å²) in [4.78, 5) is 11.4. The van der Waals surface area contributed by atoms with E-state index < -0.39 is 6.10 Å². The molecule has 15 heavy (non-hydrogen) atoms. The highest BCUT2D eigenvalue weighted by Crippen LogP contribution is 2.38. The predicted octanol–water partition coefficient (Wildman–Crippen LogP) is 2.39. The van der Waals surface area contributed by atoms with Crippen LogP contribution in [0.4, 0.5) is 0 Å². The maximum Gasteiger partial charge on any atom is 0.156 e. The van der Waals surface area contributed by atoms with E-state index >= 15 is 0 Å². The minimum Gasteiger partial charge on any atom is -0.389 e. The summed E-state index contributed by atoms with van der Waals surface area (Å²) in [6, 6.07) is 0. The number of aliphatic hydroxyl groups excluding tert-OH is 1. The lowest BCUT2D eigenvalue weighted by Crippen LogP contribution is -2.23. The summed E-state index contributed by atoms with van der Waals surface area (Å²) in [7, 11) is 0. The van der Waals surface area contributed by atoms with Gasteiger partial charge < -0.3 is 5.11 Å². The molecule has 82 valence electrons. The maximum atomic E-state index is 11.4. The third-order valence-electron chi connectivity index (χ3n) is 2.53. The Balaban J connectivity index is 3.21. The van der Waals surface area contributed by atoms with Gasteiger partial charge in [0.2, 0.25) is 0 Å². The first-order chi connectivity index (χ1) is 6.83. The van der Waals surface area contributed by atoms with Crippen molar-refractivity contribution < 1.29 is 9.90 Å². The van der Waals surface area contributed by atoms with Gasteiger partial charge in [0.1, 0.15) is 0 Å². The van der Waals surface area contributed by atoms with Crippen LogP contribution >= 0.6 is 0 Å². The van der Waals surface area contributed by atoms with Crippen molar-refractivity contribution in [2.24, 2.45) is 5.41 Å². The normalized spacial score (nSPS) is 21.8. The van der Waals surface area contributed by atoms with Crippen LogP contribution in [0.5, 0.6) is 0 Å². The smallest absolute Gasteiger partial charge is 0.156 e. The van der Waals surface area contributed by atoms with Gasteiger partial charge in [0, 0.05) is 17.4 Å². The zero-order valence-electron chi connectivity index (χ0n) is 9.79. The fourth-order valence-corrected chi connectivity index (χ4v) is 1.94. The number of hydrogen-bond donors (Lipinski definition) is 1. The molecule has 0 fully saturated rings. The second kappa shape index (κ2) is 4.18. The lowest BCUT2D eigenvalue weighted by atomic mass is 9.73. The minimum atomic E-state index is -0.501. The maximum absolute atomic E-state index is 11.4. The van der Waals surface area contributed by atoms with Crippen LogP contribution in [0.1, 0.15) is 34.1 Å². The molecule has 0 spiro atoms. The summed E-state index contributed by atoms with van der Waals surface area (Å²) >= 11 is 0. The zero-order valence-corrected chi connectivity index (χ0v) is 9.79. The van der Waals surface area contributed by atoms with Crippen LogP contribution in [0.3, 0.4) is 0 Å². The SMILES string of the molecule is CC1=CC(=O)CC(C)(C)C1=C=CC(C)O. The fourth-order valence-electron chi connectivity index (χ4n) is 1.94. The van der Waals surface area contributed by atoms with Crippen LogP contribution in [0.2, 0.25) is 0 Å². The molecule has 0 bridgehead atoms. The molecule has 2 nitrogen and oxygen atoms in total. The topological polar surface area (TPSA) is 37.3 Å². The van der Waals surface area contributed by atoms with Crippen molar-refractivity contribution >= 4 is 5.78 Å². The predicted molar refractivity (Wildman–Crippen MR) is 60.4 cm³/mol. The van der Waals surface area contributed by atoms with Gasteiger partial charge >= 0.3 is 0 Å². The second-order valence-electron chi connectivity index (χ2n) is 4.78. The van der Waals surface area contributed by atoms with Crippen LogP contribution in [0.25, 0.3) is 0 Å². The first kappa shape index (κ1) is 12.0. The Hall–Kier alpha value is -1.11. The molecule has 0 saturated carbocycles. The van der Waals surface area contributed by atoms with Crippen LogP contribution in [-0.4, -0.2) is 17.0 Å². The summed E-state index contributed by atoms with van der Waals surface area (Å²) in [5.74, 6) is 0.167. The zero-order chi connectivity index (χ0) is 11.6. The Kier molecular flexibility index (Phi) is 3.33. The van der Waals surface area contributed by atoms with Crippen LogP contribution in [-0.2, 0) is 4.79 Å². The Labute approximate surface area is 91.0 Å². The van der Waals surface area contributed by atoms with Gasteiger partial charge in [-0.25, -0.2) is 0 Å². The van der Waals surface area contributed by atoms with Crippen molar-refractivity contribution in [1.82, 2.24) is 0 Å². The van der Waals surface area contributed by atoms with E-state index in [2.05, 4.69) is 5.73 Å². The molecule has 0 radical (unpaired) electrons. The van der Waals surface area contributed by atoms with Crippen molar-refractivity contribution in [3.05, 3.63) is 29.0 Å². The summed E-state index contributed by atoms with van der Waals surface area (Å²) in [5, 5.41) is 9.17. The third kappa shape index (κ3) is 2.92. The van der Waals surface area contributed by atoms with E-state index in [1.165, 1.54) is 0 Å². The van der Waals surface area contributed by atoms with E-state index in [9.17, 15) is 9.90 Å². The molecular weight excluding hydrogens is 188 g/mol.